The van der Waals surface area contributed by atoms with E-state index in [2.05, 4.69) is 15.6 Å². The van der Waals surface area contributed by atoms with Crippen LogP contribution in [0.15, 0.2) is 66.0 Å². The summed E-state index contributed by atoms with van der Waals surface area (Å²) in [5.74, 6) is -0.0553. The third kappa shape index (κ3) is 3.65. The molecule has 0 radical (unpaired) electrons. The monoisotopic (exact) mass is 362 g/mol. The number of aromatic nitrogens is 3. The summed E-state index contributed by atoms with van der Waals surface area (Å²) in [6, 6.07) is 14.4. The van der Waals surface area contributed by atoms with Gasteiger partial charge in [-0.05, 0) is 31.5 Å². The summed E-state index contributed by atoms with van der Waals surface area (Å²) < 4.78 is 15.4. The maximum absolute atomic E-state index is 13.8. The van der Waals surface area contributed by atoms with E-state index < -0.39 is 0 Å². The normalized spacial score (nSPS) is 14.1. The lowest BCUT2D eigenvalue weighted by molar-refractivity contribution is -0.114. The Balaban J connectivity index is 1.54. The van der Waals surface area contributed by atoms with Gasteiger partial charge in [-0.3, -0.25) is 4.79 Å². The van der Waals surface area contributed by atoms with Gasteiger partial charge in [-0.1, -0.05) is 35.5 Å². The number of nitrogens with zero attached hydrogens (tertiary/aromatic N) is 3. The second-order valence-electron chi connectivity index (χ2n) is 6.63. The number of anilines is 1. The third-order valence-corrected chi connectivity index (χ3v) is 4.76. The summed E-state index contributed by atoms with van der Waals surface area (Å²) in [5.41, 5.74) is 4.86. The second kappa shape index (κ2) is 7.15. The highest BCUT2D eigenvalue weighted by Gasteiger charge is 2.19. The van der Waals surface area contributed by atoms with Crippen LogP contribution in [0.3, 0.4) is 0 Å². The molecule has 0 saturated carbocycles. The number of hydrogen-bond donors (Lipinski definition) is 1. The lowest BCUT2D eigenvalue weighted by atomic mass is 10.1. The molecule has 1 aliphatic carbocycles. The van der Waals surface area contributed by atoms with Gasteiger partial charge in [0, 0.05) is 34.5 Å². The van der Waals surface area contributed by atoms with Crippen molar-refractivity contribution in [2.75, 3.05) is 5.32 Å². The van der Waals surface area contributed by atoms with E-state index in [-0.39, 0.29) is 11.6 Å². The van der Waals surface area contributed by atoms with Crippen molar-refractivity contribution in [3.8, 4) is 11.3 Å². The van der Waals surface area contributed by atoms with Crippen LogP contribution >= 0.6 is 0 Å². The smallest absolute Gasteiger partial charge is 0.160 e. The zero-order valence-electron chi connectivity index (χ0n) is 14.9. The standard InChI is InChI=1S/C21H19FN4O/c1-14-19(9-10-21(14)27)23-17-7-4-6-15(11-17)20-13-26(25-24-20)12-16-5-2-3-8-18(16)22/h2-8,11,13,23H,9-10,12H2,1H3. The maximum atomic E-state index is 13.8. The van der Waals surface area contributed by atoms with Gasteiger partial charge in [-0.25, -0.2) is 9.07 Å². The van der Waals surface area contributed by atoms with E-state index in [1.54, 1.807) is 29.1 Å². The Hall–Kier alpha value is -3.28. The third-order valence-electron chi connectivity index (χ3n) is 4.76. The summed E-state index contributed by atoms with van der Waals surface area (Å²) in [5, 5.41) is 11.7. The van der Waals surface area contributed by atoms with Gasteiger partial charge < -0.3 is 5.32 Å². The van der Waals surface area contributed by atoms with Crippen LogP contribution in [0.4, 0.5) is 10.1 Å². The molecule has 1 aliphatic rings. The van der Waals surface area contributed by atoms with Crippen LogP contribution in [0.5, 0.6) is 0 Å². The fourth-order valence-electron chi connectivity index (χ4n) is 3.18. The summed E-state index contributed by atoms with van der Waals surface area (Å²) in [4.78, 5) is 11.7. The molecule has 3 aromatic rings. The molecule has 1 heterocycles. The number of allylic oxidation sites excluding steroid dienone is 2. The van der Waals surface area contributed by atoms with E-state index in [9.17, 15) is 9.18 Å². The molecule has 6 heteroatoms. The average molecular weight is 362 g/mol. The number of hydrogen-bond acceptors (Lipinski definition) is 4. The maximum Gasteiger partial charge on any atom is 0.160 e. The second-order valence-corrected chi connectivity index (χ2v) is 6.63. The molecule has 136 valence electrons. The zero-order valence-corrected chi connectivity index (χ0v) is 14.9. The van der Waals surface area contributed by atoms with Gasteiger partial charge in [0.15, 0.2) is 5.78 Å². The number of ketones is 1. The zero-order chi connectivity index (χ0) is 18.8. The van der Waals surface area contributed by atoms with E-state index in [1.165, 1.54) is 6.07 Å². The van der Waals surface area contributed by atoms with Crippen molar-refractivity contribution in [3.05, 3.63) is 77.4 Å². The van der Waals surface area contributed by atoms with Crippen LogP contribution in [0, 0.1) is 5.82 Å². The van der Waals surface area contributed by atoms with Crippen LogP contribution in [0.25, 0.3) is 11.3 Å². The molecule has 0 fully saturated rings. The lowest BCUT2D eigenvalue weighted by Gasteiger charge is -2.09. The lowest BCUT2D eigenvalue weighted by Crippen LogP contribution is -2.02. The molecule has 0 spiro atoms. The van der Waals surface area contributed by atoms with Crippen LogP contribution in [0.2, 0.25) is 0 Å². The van der Waals surface area contributed by atoms with E-state index in [0.717, 1.165) is 28.9 Å². The van der Waals surface area contributed by atoms with Gasteiger partial charge in [0.2, 0.25) is 0 Å². The highest BCUT2D eigenvalue weighted by molar-refractivity contribution is 5.98. The van der Waals surface area contributed by atoms with Crippen molar-refractivity contribution in [1.82, 2.24) is 15.0 Å². The van der Waals surface area contributed by atoms with Gasteiger partial charge in [-0.15, -0.1) is 5.10 Å². The minimum absolute atomic E-state index is 0.199. The van der Waals surface area contributed by atoms with Crippen molar-refractivity contribution in [2.24, 2.45) is 0 Å². The number of rotatable bonds is 5. The van der Waals surface area contributed by atoms with E-state index >= 15 is 0 Å². The number of nitrogens with one attached hydrogen (secondary N) is 1. The molecule has 5 nitrogen and oxygen atoms in total. The average Bonchev–Trinajstić information content (AvgIpc) is 3.26. The molecular formula is C21H19FN4O. The Morgan fingerprint density at radius 1 is 1.15 bits per heavy atom. The Labute approximate surface area is 156 Å². The first-order valence-corrected chi connectivity index (χ1v) is 8.84. The van der Waals surface area contributed by atoms with Gasteiger partial charge in [-0.2, -0.15) is 0 Å². The molecule has 0 aliphatic heterocycles. The molecule has 1 N–H and O–H groups in total. The topological polar surface area (TPSA) is 59.8 Å². The number of carbonyl (C=O) groups is 1. The number of carbonyl (C=O) groups excluding carboxylic acids is 1. The molecule has 0 atom stereocenters. The minimum Gasteiger partial charge on any atom is -0.359 e. The number of halogens is 1. The first-order chi connectivity index (χ1) is 13.1. The predicted octanol–water partition coefficient (Wildman–Crippen LogP) is 4.18. The van der Waals surface area contributed by atoms with E-state index in [4.69, 9.17) is 0 Å². The predicted molar refractivity (Wildman–Crippen MR) is 102 cm³/mol. The van der Waals surface area contributed by atoms with Gasteiger partial charge in [0.25, 0.3) is 0 Å². The molecule has 0 amide bonds. The van der Waals surface area contributed by atoms with Crippen molar-refractivity contribution in [1.29, 1.82) is 0 Å². The summed E-state index contributed by atoms with van der Waals surface area (Å²) in [6.07, 6.45) is 3.11. The highest BCUT2D eigenvalue weighted by Crippen LogP contribution is 2.27. The minimum atomic E-state index is -0.254. The van der Waals surface area contributed by atoms with Crippen molar-refractivity contribution >= 4 is 11.5 Å². The van der Waals surface area contributed by atoms with Crippen molar-refractivity contribution in [3.63, 3.8) is 0 Å². The number of Topliss-reactive ketones (excluding diaryl/α,β-unsaturated/α-hetero) is 1. The van der Waals surface area contributed by atoms with Crippen LogP contribution in [-0.4, -0.2) is 20.8 Å². The fraction of sp³-hybridized carbons (Fsp3) is 0.190. The molecular weight excluding hydrogens is 343 g/mol. The van der Waals surface area contributed by atoms with Crippen molar-refractivity contribution < 1.29 is 9.18 Å². The van der Waals surface area contributed by atoms with Gasteiger partial charge >= 0.3 is 0 Å². The Kier molecular flexibility index (Phi) is 4.54. The van der Waals surface area contributed by atoms with E-state index in [1.807, 2.05) is 31.2 Å². The first-order valence-electron chi connectivity index (χ1n) is 8.84. The molecule has 4 rings (SSSR count). The van der Waals surface area contributed by atoms with Crippen LogP contribution < -0.4 is 5.32 Å². The largest absolute Gasteiger partial charge is 0.359 e. The SMILES string of the molecule is CC1=C(Nc2cccc(-c3cn(Cc4ccccc4F)nn3)c2)CCC1=O. The molecule has 0 bridgehead atoms. The summed E-state index contributed by atoms with van der Waals surface area (Å²) >= 11 is 0. The highest BCUT2D eigenvalue weighted by atomic mass is 19.1. The fourth-order valence-corrected chi connectivity index (χ4v) is 3.18. The van der Waals surface area contributed by atoms with Crippen molar-refractivity contribution in [2.45, 2.75) is 26.3 Å². The first kappa shape index (κ1) is 17.1. The Morgan fingerprint density at radius 2 is 2.00 bits per heavy atom. The Bertz CT molecular complexity index is 1040. The summed E-state index contributed by atoms with van der Waals surface area (Å²) in [7, 11) is 0. The molecule has 0 saturated heterocycles. The molecule has 27 heavy (non-hydrogen) atoms. The van der Waals surface area contributed by atoms with E-state index in [0.29, 0.717) is 24.2 Å². The van der Waals surface area contributed by atoms with Gasteiger partial charge in [0.05, 0.1) is 12.7 Å². The van der Waals surface area contributed by atoms with Crippen LogP contribution in [0.1, 0.15) is 25.3 Å². The summed E-state index contributed by atoms with van der Waals surface area (Å²) in [6.45, 7) is 2.18. The van der Waals surface area contributed by atoms with Gasteiger partial charge in [0.1, 0.15) is 11.5 Å². The molecule has 1 aromatic heterocycles. The Morgan fingerprint density at radius 3 is 2.78 bits per heavy atom. The quantitative estimate of drug-likeness (QED) is 0.740. The molecule has 0 unspecified atom stereocenters. The van der Waals surface area contributed by atoms with Crippen LogP contribution in [-0.2, 0) is 11.3 Å². The number of benzene rings is 2. The molecule has 2 aromatic carbocycles.